The molecular formula is C15H21N5O. The molecule has 0 fully saturated rings. The summed E-state index contributed by atoms with van der Waals surface area (Å²) in [4.78, 5) is 15.9. The Labute approximate surface area is 124 Å². The van der Waals surface area contributed by atoms with Gasteiger partial charge < -0.3 is 11.1 Å². The zero-order valence-corrected chi connectivity index (χ0v) is 12.6. The van der Waals surface area contributed by atoms with Gasteiger partial charge in [0.1, 0.15) is 0 Å². The van der Waals surface area contributed by atoms with Crippen LogP contribution in [-0.4, -0.2) is 26.7 Å². The second-order valence-corrected chi connectivity index (χ2v) is 5.32. The van der Waals surface area contributed by atoms with Crippen molar-refractivity contribution < 1.29 is 4.79 Å². The molecule has 6 nitrogen and oxygen atoms in total. The summed E-state index contributed by atoms with van der Waals surface area (Å²) in [5.74, 6) is 0.721. The summed E-state index contributed by atoms with van der Waals surface area (Å²) in [6, 6.07) is 5.71. The van der Waals surface area contributed by atoms with Gasteiger partial charge in [0.25, 0.3) is 0 Å². The number of hydrogen-bond acceptors (Lipinski definition) is 4. The molecule has 0 aliphatic carbocycles. The molecule has 0 saturated carbocycles. The topological polar surface area (TPSA) is 85.8 Å². The Morgan fingerprint density at radius 2 is 2.19 bits per heavy atom. The number of hydrogen-bond donors (Lipinski definition) is 2. The minimum atomic E-state index is -0.128. The molecule has 0 aliphatic heterocycles. The van der Waals surface area contributed by atoms with E-state index in [-0.39, 0.29) is 11.9 Å². The predicted octanol–water partition coefficient (Wildman–Crippen LogP) is 1.24. The third-order valence-corrected chi connectivity index (χ3v) is 3.03. The van der Waals surface area contributed by atoms with Crippen LogP contribution in [0.4, 0.5) is 0 Å². The molecular weight excluding hydrogens is 266 g/mol. The van der Waals surface area contributed by atoms with Crippen LogP contribution in [0, 0.1) is 13.8 Å². The molecule has 1 amide bonds. The van der Waals surface area contributed by atoms with Gasteiger partial charge in [0.15, 0.2) is 5.82 Å². The number of rotatable bonds is 5. The SMILES string of the molecule is Cc1cc(C)n(-c2ccc(CNC(=O)CC(C)N)cn2)n1. The van der Waals surface area contributed by atoms with Crippen molar-refractivity contribution in [2.45, 2.75) is 39.8 Å². The van der Waals surface area contributed by atoms with Crippen molar-refractivity contribution in [3.05, 3.63) is 41.3 Å². The highest BCUT2D eigenvalue weighted by Crippen LogP contribution is 2.10. The summed E-state index contributed by atoms with van der Waals surface area (Å²) in [7, 11) is 0. The van der Waals surface area contributed by atoms with Gasteiger partial charge >= 0.3 is 0 Å². The molecule has 0 spiro atoms. The first kappa shape index (κ1) is 15.2. The lowest BCUT2D eigenvalue weighted by Gasteiger charge is -2.08. The van der Waals surface area contributed by atoms with Crippen molar-refractivity contribution in [2.24, 2.45) is 5.73 Å². The number of aryl methyl sites for hydroxylation is 2. The summed E-state index contributed by atoms with van der Waals surface area (Å²) in [6.45, 7) is 6.20. The average molecular weight is 287 g/mol. The molecule has 21 heavy (non-hydrogen) atoms. The molecule has 2 aromatic heterocycles. The maximum absolute atomic E-state index is 11.5. The predicted molar refractivity (Wildman–Crippen MR) is 80.9 cm³/mol. The van der Waals surface area contributed by atoms with Crippen LogP contribution in [0.3, 0.4) is 0 Å². The number of carbonyl (C=O) groups excluding carboxylic acids is 1. The van der Waals surface area contributed by atoms with E-state index in [0.29, 0.717) is 13.0 Å². The van der Waals surface area contributed by atoms with E-state index in [4.69, 9.17) is 5.73 Å². The number of nitrogens with zero attached hydrogens (tertiary/aromatic N) is 3. The Balaban J connectivity index is 1.99. The van der Waals surface area contributed by atoms with Gasteiger partial charge in [0, 0.05) is 30.9 Å². The van der Waals surface area contributed by atoms with E-state index in [1.165, 1.54) is 0 Å². The van der Waals surface area contributed by atoms with E-state index >= 15 is 0 Å². The first-order valence-corrected chi connectivity index (χ1v) is 6.96. The van der Waals surface area contributed by atoms with Crippen LogP contribution in [0.2, 0.25) is 0 Å². The lowest BCUT2D eigenvalue weighted by Crippen LogP contribution is -2.29. The molecule has 2 aromatic rings. The highest BCUT2D eigenvalue weighted by molar-refractivity contribution is 5.76. The number of nitrogens with one attached hydrogen (secondary N) is 1. The van der Waals surface area contributed by atoms with Crippen molar-refractivity contribution >= 4 is 5.91 Å². The van der Waals surface area contributed by atoms with E-state index in [1.807, 2.05) is 39.0 Å². The normalized spacial score (nSPS) is 12.2. The van der Waals surface area contributed by atoms with Crippen LogP contribution >= 0.6 is 0 Å². The third kappa shape index (κ3) is 4.13. The number of amides is 1. The summed E-state index contributed by atoms with van der Waals surface area (Å²) in [5.41, 5.74) is 8.52. The third-order valence-electron chi connectivity index (χ3n) is 3.03. The fraction of sp³-hybridized carbons (Fsp3) is 0.400. The highest BCUT2D eigenvalue weighted by atomic mass is 16.1. The maximum Gasteiger partial charge on any atom is 0.221 e. The van der Waals surface area contributed by atoms with E-state index in [2.05, 4.69) is 15.4 Å². The monoisotopic (exact) mass is 287 g/mol. The van der Waals surface area contributed by atoms with Gasteiger partial charge in [-0.25, -0.2) is 9.67 Å². The molecule has 0 saturated heterocycles. The zero-order chi connectivity index (χ0) is 15.4. The zero-order valence-electron chi connectivity index (χ0n) is 12.6. The molecule has 1 atom stereocenters. The highest BCUT2D eigenvalue weighted by Gasteiger charge is 2.07. The fourth-order valence-electron chi connectivity index (χ4n) is 2.07. The Morgan fingerprint density at radius 1 is 1.43 bits per heavy atom. The van der Waals surface area contributed by atoms with Crippen LogP contribution in [0.15, 0.2) is 24.4 Å². The van der Waals surface area contributed by atoms with Gasteiger partial charge in [-0.2, -0.15) is 5.10 Å². The lowest BCUT2D eigenvalue weighted by molar-refractivity contribution is -0.121. The largest absolute Gasteiger partial charge is 0.352 e. The number of pyridine rings is 1. The molecule has 2 heterocycles. The Hall–Kier alpha value is -2.21. The second-order valence-electron chi connectivity index (χ2n) is 5.32. The Morgan fingerprint density at radius 3 is 2.71 bits per heavy atom. The van der Waals surface area contributed by atoms with Crippen LogP contribution in [0.5, 0.6) is 0 Å². The summed E-state index contributed by atoms with van der Waals surface area (Å²) >= 11 is 0. The van der Waals surface area contributed by atoms with Crippen LogP contribution in [0.1, 0.15) is 30.3 Å². The fourth-order valence-corrected chi connectivity index (χ4v) is 2.07. The number of aromatic nitrogens is 3. The van der Waals surface area contributed by atoms with Crippen LogP contribution < -0.4 is 11.1 Å². The Bertz CT molecular complexity index is 615. The van der Waals surface area contributed by atoms with Gasteiger partial charge in [-0.05, 0) is 38.5 Å². The van der Waals surface area contributed by atoms with E-state index in [9.17, 15) is 4.79 Å². The quantitative estimate of drug-likeness (QED) is 0.866. The van der Waals surface area contributed by atoms with Crippen LogP contribution in [-0.2, 0) is 11.3 Å². The lowest BCUT2D eigenvalue weighted by atomic mass is 10.2. The average Bonchev–Trinajstić information content (AvgIpc) is 2.75. The molecule has 0 aromatic carbocycles. The molecule has 0 radical (unpaired) electrons. The Kier molecular flexibility index (Phi) is 4.70. The summed E-state index contributed by atoms with van der Waals surface area (Å²) in [6.07, 6.45) is 2.08. The number of nitrogens with two attached hydrogens (primary N) is 1. The molecule has 6 heteroatoms. The number of carbonyl (C=O) groups is 1. The van der Waals surface area contributed by atoms with Gasteiger partial charge in [-0.15, -0.1) is 0 Å². The smallest absolute Gasteiger partial charge is 0.221 e. The summed E-state index contributed by atoms with van der Waals surface area (Å²) < 4.78 is 1.80. The minimum Gasteiger partial charge on any atom is -0.352 e. The van der Waals surface area contributed by atoms with E-state index in [0.717, 1.165) is 22.8 Å². The van der Waals surface area contributed by atoms with Gasteiger partial charge in [0.2, 0.25) is 5.91 Å². The van der Waals surface area contributed by atoms with Crippen molar-refractivity contribution in [3.8, 4) is 5.82 Å². The van der Waals surface area contributed by atoms with Crippen LogP contribution in [0.25, 0.3) is 5.82 Å². The molecule has 0 bridgehead atoms. The van der Waals surface area contributed by atoms with Gasteiger partial charge in [0.05, 0.1) is 5.69 Å². The van der Waals surface area contributed by atoms with Crippen molar-refractivity contribution in [3.63, 3.8) is 0 Å². The van der Waals surface area contributed by atoms with E-state index in [1.54, 1.807) is 10.9 Å². The van der Waals surface area contributed by atoms with Crippen molar-refractivity contribution in [1.82, 2.24) is 20.1 Å². The molecule has 1 unspecified atom stereocenters. The summed E-state index contributed by atoms with van der Waals surface area (Å²) in [5, 5.41) is 7.21. The molecule has 0 aliphatic rings. The van der Waals surface area contributed by atoms with E-state index < -0.39 is 0 Å². The van der Waals surface area contributed by atoms with Gasteiger partial charge in [-0.1, -0.05) is 6.07 Å². The minimum absolute atomic E-state index is 0.0485. The molecule has 3 N–H and O–H groups in total. The maximum atomic E-state index is 11.5. The molecule has 112 valence electrons. The molecule has 2 rings (SSSR count). The van der Waals surface area contributed by atoms with Crippen molar-refractivity contribution in [2.75, 3.05) is 0 Å². The van der Waals surface area contributed by atoms with Gasteiger partial charge in [-0.3, -0.25) is 4.79 Å². The van der Waals surface area contributed by atoms with Crippen molar-refractivity contribution in [1.29, 1.82) is 0 Å². The first-order valence-electron chi connectivity index (χ1n) is 6.96. The first-order chi connectivity index (χ1) is 9.95. The standard InChI is InChI=1S/C15H21N5O/c1-10(16)6-15(21)18-9-13-4-5-14(17-8-13)20-12(3)7-11(2)19-20/h4-5,7-8,10H,6,9,16H2,1-3H3,(H,18,21). The second kappa shape index (κ2) is 6.49.